The Kier molecular flexibility index (Phi) is 3.10. The maximum atomic E-state index is 10.1. The van der Waals surface area contributed by atoms with Gasteiger partial charge in [0.05, 0.1) is 0 Å². The molecular formula is C8H9NO2S. The molecule has 64 valence electrons. The molecule has 1 aromatic rings. The maximum absolute atomic E-state index is 10.1. The number of aromatic hydroxyl groups is 1. The molecule has 0 aromatic heterocycles. The lowest BCUT2D eigenvalue weighted by atomic mass is 10.2. The molecule has 12 heavy (non-hydrogen) atoms. The van der Waals surface area contributed by atoms with Crippen LogP contribution < -0.4 is 0 Å². The molecule has 0 fully saturated rings. The van der Waals surface area contributed by atoms with Crippen molar-refractivity contribution in [2.45, 2.75) is 5.75 Å². The van der Waals surface area contributed by atoms with Gasteiger partial charge in [0.25, 0.3) is 0 Å². The summed E-state index contributed by atoms with van der Waals surface area (Å²) in [6.45, 7) is 0. The zero-order chi connectivity index (χ0) is 8.97. The first-order valence-corrected chi connectivity index (χ1v) is 4.81. The van der Waals surface area contributed by atoms with Crippen molar-refractivity contribution >= 4 is 17.4 Å². The van der Waals surface area contributed by atoms with Gasteiger partial charge in [0.1, 0.15) is 11.4 Å². The highest BCUT2D eigenvalue weighted by Crippen LogP contribution is 2.23. The summed E-state index contributed by atoms with van der Waals surface area (Å²) in [4.78, 5) is 10.1. The van der Waals surface area contributed by atoms with E-state index < -0.39 is 0 Å². The zero-order valence-corrected chi connectivity index (χ0v) is 7.47. The highest BCUT2D eigenvalue weighted by Gasteiger charge is 1.99. The summed E-state index contributed by atoms with van der Waals surface area (Å²) in [6, 6.07) is 4.64. The molecule has 1 N–H and O–H groups in total. The molecule has 0 radical (unpaired) electrons. The summed E-state index contributed by atoms with van der Waals surface area (Å²) in [5, 5.41) is 11.9. The van der Waals surface area contributed by atoms with E-state index in [1.807, 2.05) is 6.26 Å². The van der Waals surface area contributed by atoms with Gasteiger partial charge in [-0.15, -0.1) is 4.91 Å². The molecule has 0 aliphatic heterocycles. The van der Waals surface area contributed by atoms with Crippen LogP contribution in [0.3, 0.4) is 0 Å². The van der Waals surface area contributed by atoms with Crippen molar-refractivity contribution in [1.82, 2.24) is 0 Å². The Morgan fingerprint density at radius 3 is 2.83 bits per heavy atom. The molecule has 1 aromatic carbocycles. The van der Waals surface area contributed by atoms with Gasteiger partial charge in [0.2, 0.25) is 0 Å². The summed E-state index contributed by atoms with van der Waals surface area (Å²) in [5.74, 6) is 0.868. The number of thioether (sulfide) groups is 1. The maximum Gasteiger partial charge on any atom is 0.118 e. The number of nitrogens with zero attached hydrogens (tertiary/aromatic N) is 1. The van der Waals surface area contributed by atoms with Crippen LogP contribution in [0.25, 0.3) is 0 Å². The van der Waals surface area contributed by atoms with Crippen LogP contribution in [0.1, 0.15) is 5.56 Å². The third-order valence-electron chi connectivity index (χ3n) is 1.38. The van der Waals surface area contributed by atoms with Crippen molar-refractivity contribution in [3.63, 3.8) is 0 Å². The van der Waals surface area contributed by atoms with Crippen LogP contribution in [0.4, 0.5) is 5.69 Å². The summed E-state index contributed by atoms with van der Waals surface area (Å²) in [5.41, 5.74) is 1.19. The van der Waals surface area contributed by atoms with Crippen LogP contribution in [-0.4, -0.2) is 11.4 Å². The van der Waals surface area contributed by atoms with Crippen LogP contribution in [0.2, 0.25) is 0 Å². The minimum Gasteiger partial charge on any atom is -0.508 e. The van der Waals surface area contributed by atoms with Gasteiger partial charge in [-0.2, -0.15) is 11.8 Å². The second-order valence-corrected chi connectivity index (χ2v) is 3.25. The standard InChI is InChI=1S/C8H9NO2S/c1-12-5-6-2-7(9-11)4-8(10)3-6/h2-4,10H,5H2,1H3. The van der Waals surface area contributed by atoms with Gasteiger partial charge >= 0.3 is 0 Å². The first kappa shape index (κ1) is 9.06. The average Bonchev–Trinajstić information content (AvgIpc) is 2.04. The normalized spacial score (nSPS) is 9.75. The van der Waals surface area contributed by atoms with E-state index in [1.54, 1.807) is 23.9 Å². The third kappa shape index (κ3) is 2.23. The quantitative estimate of drug-likeness (QED) is 0.733. The minimum atomic E-state index is 0.0937. The lowest BCUT2D eigenvalue weighted by molar-refractivity contribution is 0.475. The molecule has 0 saturated heterocycles. The molecular weight excluding hydrogens is 174 g/mol. The predicted molar refractivity (Wildman–Crippen MR) is 50.8 cm³/mol. The molecule has 0 saturated carbocycles. The van der Waals surface area contributed by atoms with Gasteiger partial charge in [-0.3, -0.25) is 0 Å². The van der Waals surface area contributed by atoms with Crippen molar-refractivity contribution in [3.8, 4) is 5.75 Å². The minimum absolute atomic E-state index is 0.0937. The van der Waals surface area contributed by atoms with E-state index in [0.29, 0.717) is 0 Å². The molecule has 0 bridgehead atoms. The molecule has 0 amide bonds. The summed E-state index contributed by atoms with van der Waals surface area (Å²) < 4.78 is 0. The lowest BCUT2D eigenvalue weighted by Crippen LogP contribution is -1.78. The van der Waals surface area contributed by atoms with Crippen LogP contribution >= 0.6 is 11.8 Å². The van der Waals surface area contributed by atoms with E-state index in [9.17, 15) is 4.91 Å². The lowest BCUT2D eigenvalue weighted by Gasteiger charge is -1.99. The van der Waals surface area contributed by atoms with E-state index in [0.717, 1.165) is 11.3 Å². The molecule has 0 aliphatic rings. The molecule has 0 unspecified atom stereocenters. The van der Waals surface area contributed by atoms with Crippen LogP contribution in [0, 0.1) is 4.91 Å². The molecule has 0 spiro atoms. The Morgan fingerprint density at radius 2 is 2.25 bits per heavy atom. The van der Waals surface area contributed by atoms with E-state index >= 15 is 0 Å². The Hall–Kier alpha value is -1.03. The van der Waals surface area contributed by atoms with Crippen molar-refractivity contribution in [1.29, 1.82) is 0 Å². The fraction of sp³-hybridized carbons (Fsp3) is 0.250. The van der Waals surface area contributed by atoms with Gasteiger partial charge in [-0.25, -0.2) is 0 Å². The summed E-state index contributed by atoms with van der Waals surface area (Å²) >= 11 is 1.63. The second kappa shape index (κ2) is 4.11. The number of hydrogen-bond acceptors (Lipinski definition) is 4. The van der Waals surface area contributed by atoms with Gasteiger partial charge in [-0.05, 0) is 29.1 Å². The van der Waals surface area contributed by atoms with E-state index in [-0.39, 0.29) is 11.4 Å². The van der Waals surface area contributed by atoms with Gasteiger partial charge in [-0.1, -0.05) is 0 Å². The third-order valence-corrected chi connectivity index (χ3v) is 2.00. The smallest absolute Gasteiger partial charge is 0.118 e. The van der Waals surface area contributed by atoms with E-state index in [4.69, 9.17) is 5.11 Å². The van der Waals surface area contributed by atoms with Crippen LogP contribution in [0.15, 0.2) is 23.4 Å². The molecule has 0 aliphatic carbocycles. The molecule has 3 nitrogen and oxygen atoms in total. The monoisotopic (exact) mass is 183 g/mol. The largest absolute Gasteiger partial charge is 0.508 e. The number of phenols is 1. The first-order valence-electron chi connectivity index (χ1n) is 3.41. The van der Waals surface area contributed by atoms with Crippen molar-refractivity contribution < 1.29 is 5.11 Å². The topological polar surface area (TPSA) is 49.7 Å². The second-order valence-electron chi connectivity index (χ2n) is 2.38. The number of phenolic OH excluding ortho intramolecular Hbond substituents is 1. The highest BCUT2D eigenvalue weighted by molar-refractivity contribution is 7.97. The average molecular weight is 183 g/mol. The summed E-state index contributed by atoms with van der Waals surface area (Å²) in [6.07, 6.45) is 1.96. The molecule has 0 heterocycles. The van der Waals surface area contributed by atoms with Gasteiger partial charge < -0.3 is 5.11 Å². The van der Waals surface area contributed by atoms with Crippen molar-refractivity contribution in [2.24, 2.45) is 5.18 Å². The van der Waals surface area contributed by atoms with Crippen molar-refractivity contribution in [3.05, 3.63) is 28.7 Å². The van der Waals surface area contributed by atoms with Crippen molar-refractivity contribution in [2.75, 3.05) is 6.26 Å². The number of rotatable bonds is 3. The fourth-order valence-corrected chi connectivity index (χ4v) is 1.46. The first-order chi connectivity index (χ1) is 5.76. The van der Waals surface area contributed by atoms with Gasteiger partial charge in [0.15, 0.2) is 0 Å². The highest BCUT2D eigenvalue weighted by atomic mass is 32.2. The van der Waals surface area contributed by atoms with E-state index in [1.165, 1.54) is 6.07 Å². The molecule has 1 rings (SSSR count). The molecule has 4 heteroatoms. The number of benzene rings is 1. The van der Waals surface area contributed by atoms with E-state index in [2.05, 4.69) is 5.18 Å². The van der Waals surface area contributed by atoms with Crippen LogP contribution in [0.5, 0.6) is 5.75 Å². The van der Waals surface area contributed by atoms with Gasteiger partial charge in [0, 0.05) is 11.8 Å². The number of nitroso groups, excluding NO2 is 1. The Labute approximate surface area is 74.8 Å². The van der Waals surface area contributed by atoms with Crippen LogP contribution in [-0.2, 0) is 5.75 Å². The number of hydrogen-bond donors (Lipinski definition) is 1. The molecule has 0 atom stereocenters. The Morgan fingerprint density at radius 1 is 1.50 bits per heavy atom. The zero-order valence-electron chi connectivity index (χ0n) is 6.65. The predicted octanol–water partition coefficient (Wildman–Crippen LogP) is 2.65. The Balaban J connectivity index is 2.97. The SMILES string of the molecule is CSCc1cc(O)cc(N=O)c1. The fourth-order valence-electron chi connectivity index (χ4n) is 0.959. The summed E-state index contributed by atoms with van der Waals surface area (Å²) in [7, 11) is 0. The Bertz CT molecular complexity index is 288.